The Morgan fingerprint density at radius 1 is 1.47 bits per heavy atom. The van der Waals surface area contributed by atoms with Crippen LogP contribution in [0.2, 0.25) is 0 Å². The molecule has 0 radical (unpaired) electrons. The van der Waals surface area contributed by atoms with Crippen LogP contribution < -0.4 is 10.0 Å². The molecule has 1 atom stereocenters. The summed E-state index contributed by atoms with van der Waals surface area (Å²) in [5.74, 6) is -0.294. The Labute approximate surface area is 111 Å². The van der Waals surface area contributed by atoms with Gasteiger partial charge in [-0.25, -0.2) is 13.6 Å². The topological polar surface area (TPSA) is 101 Å². The molecule has 1 heterocycles. The van der Waals surface area contributed by atoms with Gasteiger partial charge in [-0.3, -0.25) is 4.79 Å². The van der Waals surface area contributed by atoms with Crippen molar-refractivity contribution in [1.82, 2.24) is 0 Å². The lowest BCUT2D eigenvalue weighted by Crippen LogP contribution is -2.32. The van der Waals surface area contributed by atoms with Crippen LogP contribution in [0.25, 0.3) is 0 Å². The molecule has 1 saturated heterocycles. The van der Waals surface area contributed by atoms with Crippen LogP contribution in [0.15, 0.2) is 18.2 Å². The first kappa shape index (κ1) is 14.0. The Morgan fingerprint density at radius 3 is 2.68 bits per heavy atom. The molecule has 1 aliphatic heterocycles. The lowest BCUT2D eigenvalue weighted by atomic mass is 10.1. The van der Waals surface area contributed by atoms with E-state index in [0.717, 1.165) is 5.56 Å². The lowest BCUT2D eigenvalue weighted by Gasteiger charge is -2.20. The number of primary sulfonamides is 1. The number of sulfonamides is 1. The van der Waals surface area contributed by atoms with Crippen LogP contribution in [-0.4, -0.2) is 31.2 Å². The molecule has 7 heteroatoms. The Hall–Kier alpha value is -1.44. The van der Waals surface area contributed by atoms with Crippen LogP contribution in [0.1, 0.15) is 17.5 Å². The first-order chi connectivity index (χ1) is 8.82. The molecule has 0 spiro atoms. The zero-order valence-corrected chi connectivity index (χ0v) is 11.4. The molecule has 1 aromatic rings. The smallest absolute Gasteiger partial charge is 0.228 e. The van der Waals surface area contributed by atoms with E-state index in [2.05, 4.69) is 0 Å². The third-order valence-corrected chi connectivity index (χ3v) is 4.50. The minimum atomic E-state index is -3.73. The number of hydrogen-bond acceptors (Lipinski definition) is 4. The van der Waals surface area contributed by atoms with Crippen LogP contribution in [0.5, 0.6) is 0 Å². The van der Waals surface area contributed by atoms with Gasteiger partial charge in [-0.05, 0) is 13.0 Å². The van der Waals surface area contributed by atoms with E-state index in [1.807, 2.05) is 13.0 Å². The Kier molecular flexibility index (Phi) is 3.62. The van der Waals surface area contributed by atoms with Crippen LogP contribution in [0, 0.1) is 6.92 Å². The van der Waals surface area contributed by atoms with Crippen LogP contribution in [0.4, 0.5) is 5.69 Å². The lowest BCUT2D eigenvalue weighted by molar-refractivity contribution is -0.117. The molecular weight excluding hydrogens is 268 g/mol. The third kappa shape index (κ3) is 2.78. The third-order valence-electron chi connectivity index (χ3n) is 3.25. The summed E-state index contributed by atoms with van der Waals surface area (Å²) >= 11 is 0. The molecule has 0 saturated carbocycles. The van der Waals surface area contributed by atoms with E-state index in [9.17, 15) is 18.3 Å². The second-order valence-corrected chi connectivity index (χ2v) is 6.55. The average Bonchev–Trinajstić information content (AvgIpc) is 2.71. The van der Waals surface area contributed by atoms with E-state index >= 15 is 0 Å². The van der Waals surface area contributed by atoms with E-state index in [4.69, 9.17) is 5.14 Å². The highest BCUT2D eigenvalue weighted by Crippen LogP contribution is 2.28. The van der Waals surface area contributed by atoms with Gasteiger partial charge in [0.05, 0.1) is 6.61 Å². The molecule has 2 rings (SSSR count). The summed E-state index contributed by atoms with van der Waals surface area (Å²) in [5.41, 5.74) is 2.11. The maximum absolute atomic E-state index is 11.9. The van der Waals surface area contributed by atoms with Crippen molar-refractivity contribution in [3.8, 4) is 0 Å². The highest BCUT2D eigenvalue weighted by molar-refractivity contribution is 7.89. The Balaban J connectivity index is 2.36. The van der Waals surface area contributed by atoms with Crippen molar-refractivity contribution in [1.29, 1.82) is 0 Å². The van der Waals surface area contributed by atoms with Crippen LogP contribution >= 0.6 is 0 Å². The summed E-state index contributed by atoms with van der Waals surface area (Å²) in [4.78, 5) is 13.3. The first-order valence-electron chi connectivity index (χ1n) is 5.85. The number of carbonyl (C=O) groups excluding carboxylic acids is 1. The molecule has 1 aromatic carbocycles. The van der Waals surface area contributed by atoms with Gasteiger partial charge in [0.1, 0.15) is 5.25 Å². The predicted molar refractivity (Wildman–Crippen MR) is 71.0 cm³/mol. The highest BCUT2D eigenvalue weighted by Gasteiger charge is 2.37. The van der Waals surface area contributed by atoms with Crippen molar-refractivity contribution >= 4 is 21.6 Å². The molecule has 19 heavy (non-hydrogen) atoms. The standard InChI is InChI=1S/C12H16N2O4S/c1-8-2-3-11(9(4-8)7-15)14-6-10(5-12(14)16)19(13,17)18/h2-4,10,15H,5-7H2,1H3,(H2,13,17,18). The quantitative estimate of drug-likeness (QED) is 0.808. The normalized spacial score (nSPS) is 20.1. The average molecular weight is 284 g/mol. The van der Waals surface area contributed by atoms with Gasteiger partial charge in [-0.15, -0.1) is 0 Å². The van der Waals surface area contributed by atoms with Crippen LogP contribution in [-0.2, 0) is 21.4 Å². The number of aliphatic hydroxyl groups excluding tert-OH is 1. The van der Waals surface area contributed by atoms with Crippen LogP contribution in [0.3, 0.4) is 0 Å². The van der Waals surface area contributed by atoms with E-state index in [0.29, 0.717) is 11.3 Å². The van der Waals surface area contributed by atoms with Gasteiger partial charge in [0, 0.05) is 24.2 Å². The second kappa shape index (κ2) is 4.92. The fourth-order valence-corrected chi connectivity index (χ4v) is 2.96. The largest absolute Gasteiger partial charge is 0.392 e. The summed E-state index contributed by atoms with van der Waals surface area (Å²) in [6.45, 7) is 1.70. The van der Waals surface area contributed by atoms with E-state index in [-0.39, 0.29) is 25.5 Å². The van der Waals surface area contributed by atoms with Crippen molar-refractivity contribution in [2.24, 2.45) is 5.14 Å². The number of hydrogen-bond donors (Lipinski definition) is 2. The number of nitrogens with zero attached hydrogens (tertiary/aromatic N) is 1. The predicted octanol–water partition coefficient (Wildman–Crippen LogP) is -0.119. The summed E-state index contributed by atoms with van der Waals surface area (Å²) in [5, 5.41) is 13.5. The van der Waals surface area contributed by atoms with Gasteiger partial charge in [0.15, 0.2) is 0 Å². The fourth-order valence-electron chi connectivity index (χ4n) is 2.23. The van der Waals surface area contributed by atoms with Gasteiger partial charge in [0.2, 0.25) is 15.9 Å². The Bertz CT molecular complexity index is 612. The molecule has 0 aliphatic carbocycles. The number of benzene rings is 1. The number of nitrogens with two attached hydrogens (primary N) is 1. The summed E-state index contributed by atoms with van der Waals surface area (Å²) in [6.07, 6.45) is -0.114. The zero-order valence-electron chi connectivity index (χ0n) is 10.5. The number of aliphatic hydroxyl groups is 1. The molecule has 104 valence electrons. The molecule has 1 unspecified atom stereocenters. The van der Waals surface area contributed by atoms with Crippen molar-refractivity contribution in [3.63, 3.8) is 0 Å². The van der Waals surface area contributed by atoms with Gasteiger partial charge in [-0.2, -0.15) is 0 Å². The zero-order chi connectivity index (χ0) is 14.2. The Morgan fingerprint density at radius 2 is 2.16 bits per heavy atom. The number of carbonyl (C=O) groups is 1. The minimum absolute atomic E-state index is 0.0354. The maximum atomic E-state index is 11.9. The summed E-state index contributed by atoms with van der Waals surface area (Å²) in [6, 6.07) is 5.29. The number of anilines is 1. The van der Waals surface area contributed by atoms with Crippen molar-refractivity contribution < 1.29 is 18.3 Å². The number of rotatable bonds is 3. The highest BCUT2D eigenvalue weighted by atomic mass is 32.2. The number of amides is 1. The number of aryl methyl sites for hydroxylation is 1. The van der Waals surface area contributed by atoms with Crippen molar-refractivity contribution in [3.05, 3.63) is 29.3 Å². The molecule has 0 bridgehead atoms. The molecule has 1 aliphatic rings. The summed E-state index contributed by atoms with van der Waals surface area (Å²) in [7, 11) is -3.73. The maximum Gasteiger partial charge on any atom is 0.228 e. The van der Waals surface area contributed by atoms with Crippen molar-refractivity contribution in [2.75, 3.05) is 11.4 Å². The van der Waals surface area contributed by atoms with Gasteiger partial charge in [-0.1, -0.05) is 17.7 Å². The molecule has 6 nitrogen and oxygen atoms in total. The minimum Gasteiger partial charge on any atom is -0.392 e. The van der Waals surface area contributed by atoms with Gasteiger partial charge >= 0.3 is 0 Å². The fraction of sp³-hybridized carbons (Fsp3) is 0.417. The molecule has 1 fully saturated rings. The SMILES string of the molecule is Cc1ccc(N2CC(S(N)(=O)=O)CC2=O)c(CO)c1. The molecule has 3 N–H and O–H groups in total. The van der Waals surface area contributed by atoms with E-state index < -0.39 is 15.3 Å². The van der Waals surface area contributed by atoms with E-state index in [1.54, 1.807) is 12.1 Å². The van der Waals surface area contributed by atoms with E-state index in [1.165, 1.54) is 4.90 Å². The van der Waals surface area contributed by atoms with Gasteiger partial charge in [0.25, 0.3) is 0 Å². The molecule has 0 aromatic heterocycles. The molecule has 1 amide bonds. The van der Waals surface area contributed by atoms with Crippen molar-refractivity contribution in [2.45, 2.75) is 25.2 Å². The first-order valence-corrected chi connectivity index (χ1v) is 7.46. The molecular formula is C12H16N2O4S. The summed E-state index contributed by atoms with van der Waals surface area (Å²) < 4.78 is 22.6. The monoisotopic (exact) mass is 284 g/mol. The van der Waals surface area contributed by atoms with Gasteiger partial charge < -0.3 is 10.0 Å². The second-order valence-electron chi connectivity index (χ2n) is 4.71.